The van der Waals surface area contributed by atoms with Gasteiger partial charge >= 0.3 is 6.03 Å². The van der Waals surface area contributed by atoms with E-state index in [2.05, 4.69) is 10.4 Å². The molecule has 0 radical (unpaired) electrons. The van der Waals surface area contributed by atoms with Gasteiger partial charge in [-0.3, -0.25) is 14.5 Å². The largest absolute Gasteiger partial charge is 0.327 e. The van der Waals surface area contributed by atoms with Crippen molar-refractivity contribution in [1.29, 1.82) is 0 Å². The second-order valence-corrected chi connectivity index (χ2v) is 8.37. The summed E-state index contributed by atoms with van der Waals surface area (Å²) in [5.74, 6) is -0.287. The van der Waals surface area contributed by atoms with Gasteiger partial charge in [0.1, 0.15) is 17.9 Å². The molecule has 158 valence electrons. The number of rotatable bonds is 4. The van der Waals surface area contributed by atoms with Crippen molar-refractivity contribution in [2.75, 3.05) is 18.9 Å². The maximum atomic E-state index is 13.1. The van der Waals surface area contributed by atoms with Gasteiger partial charge in [0.15, 0.2) is 0 Å². The standard InChI is InChI=1S/C21H24ClN5O3/c1-14-11-17(27(24-14)16-8-6-7-15(22)12-16)23-18(28)13-26-19(29)21(25(2)20(26)30)9-4-3-5-10-21/h6-8,11-12H,3-5,9-10,13H2,1-2H3,(H,23,28). The lowest BCUT2D eigenvalue weighted by Crippen LogP contribution is -2.49. The number of halogens is 1. The summed E-state index contributed by atoms with van der Waals surface area (Å²) in [6.07, 6.45) is 4.16. The molecule has 2 fully saturated rings. The van der Waals surface area contributed by atoms with Crippen LogP contribution >= 0.6 is 11.6 Å². The van der Waals surface area contributed by atoms with Gasteiger partial charge in [0.25, 0.3) is 5.91 Å². The van der Waals surface area contributed by atoms with Crippen molar-refractivity contribution in [3.8, 4) is 5.69 Å². The highest BCUT2D eigenvalue weighted by atomic mass is 35.5. The summed E-state index contributed by atoms with van der Waals surface area (Å²) in [6.45, 7) is 1.48. The fourth-order valence-corrected chi connectivity index (χ4v) is 4.57. The number of hydrogen-bond acceptors (Lipinski definition) is 4. The van der Waals surface area contributed by atoms with Crippen LogP contribution in [0.4, 0.5) is 10.6 Å². The summed E-state index contributed by atoms with van der Waals surface area (Å²) in [6, 6.07) is 8.41. The zero-order valence-electron chi connectivity index (χ0n) is 17.0. The lowest BCUT2D eigenvalue weighted by Gasteiger charge is -2.35. The smallest absolute Gasteiger partial charge is 0.313 e. The first-order valence-corrected chi connectivity index (χ1v) is 10.4. The molecule has 1 aromatic carbocycles. The number of carbonyl (C=O) groups is 3. The molecule has 1 spiro atoms. The molecule has 1 N–H and O–H groups in total. The van der Waals surface area contributed by atoms with E-state index in [0.29, 0.717) is 35.1 Å². The SMILES string of the molecule is Cc1cc(NC(=O)CN2C(=O)N(C)C3(CCCCC3)C2=O)n(-c2cccc(Cl)c2)n1. The molecule has 2 heterocycles. The summed E-state index contributed by atoms with van der Waals surface area (Å²) in [5.41, 5.74) is 0.606. The van der Waals surface area contributed by atoms with E-state index in [1.807, 2.05) is 13.0 Å². The topological polar surface area (TPSA) is 87.5 Å². The molecular formula is C21H24ClN5O3. The first-order chi connectivity index (χ1) is 14.3. The summed E-state index contributed by atoms with van der Waals surface area (Å²) >= 11 is 6.07. The molecule has 0 atom stereocenters. The Hall–Kier alpha value is -2.87. The predicted octanol–water partition coefficient (Wildman–Crippen LogP) is 3.37. The minimum absolute atomic E-state index is 0.274. The predicted molar refractivity (Wildman–Crippen MR) is 113 cm³/mol. The molecule has 1 aliphatic heterocycles. The van der Waals surface area contributed by atoms with Crippen molar-refractivity contribution in [2.24, 2.45) is 0 Å². The van der Waals surface area contributed by atoms with Gasteiger partial charge in [-0.25, -0.2) is 9.48 Å². The van der Waals surface area contributed by atoms with Crippen LogP contribution in [0.5, 0.6) is 0 Å². The maximum Gasteiger partial charge on any atom is 0.327 e. The van der Waals surface area contributed by atoms with Gasteiger partial charge in [0.2, 0.25) is 5.91 Å². The van der Waals surface area contributed by atoms with Crippen molar-refractivity contribution < 1.29 is 14.4 Å². The summed E-state index contributed by atoms with van der Waals surface area (Å²) < 4.78 is 1.57. The Morgan fingerprint density at radius 1 is 1.20 bits per heavy atom. The summed E-state index contributed by atoms with van der Waals surface area (Å²) in [5, 5.41) is 7.73. The fourth-order valence-electron chi connectivity index (χ4n) is 4.39. The number of nitrogens with one attached hydrogen (secondary N) is 1. The molecule has 1 aliphatic carbocycles. The van der Waals surface area contributed by atoms with E-state index in [1.54, 1.807) is 36.0 Å². The van der Waals surface area contributed by atoms with Crippen LogP contribution < -0.4 is 5.32 Å². The highest BCUT2D eigenvalue weighted by molar-refractivity contribution is 6.30. The van der Waals surface area contributed by atoms with Crippen molar-refractivity contribution in [1.82, 2.24) is 19.6 Å². The molecule has 2 aliphatic rings. The number of urea groups is 1. The van der Waals surface area contributed by atoms with Crippen LogP contribution in [0.3, 0.4) is 0 Å². The van der Waals surface area contributed by atoms with Crippen LogP contribution in [0.2, 0.25) is 5.02 Å². The number of anilines is 1. The third-order valence-corrected chi connectivity index (χ3v) is 6.17. The minimum atomic E-state index is -0.797. The Morgan fingerprint density at radius 2 is 1.93 bits per heavy atom. The number of amides is 4. The first-order valence-electron chi connectivity index (χ1n) is 10.0. The van der Waals surface area contributed by atoms with Gasteiger partial charge in [-0.2, -0.15) is 5.10 Å². The lowest BCUT2D eigenvalue weighted by atomic mass is 9.81. The van der Waals surface area contributed by atoms with Gasteiger partial charge in [0, 0.05) is 18.1 Å². The highest BCUT2D eigenvalue weighted by Crippen LogP contribution is 2.39. The molecule has 1 aromatic heterocycles. The average molecular weight is 430 g/mol. The zero-order chi connectivity index (χ0) is 21.5. The van der Waals surface area contributed by atoms with E-state index in [1.165, 1.54) is 4.90 Å². The molecule has 0 unspecified atom stereocenters. The van der Waals surface area contributed by atoms with Crippen molar-refractivity contribution in [3.63, 3.8) is 0 Å². The van der Waals surface area contributed by atoms with E-state index < -0.39 is 17.5 Å². The molecule has 1 saturated heterocycles. The second-order valence-electron chi connectivity index (χ2n) is 7.94. The van der Waals surface area contributed by atoms with E-state index >= 15 is 0 Å². The van der Waals surface area contributed by atoms with Crippen molar-refractivity contribution in [2.45, 2.75) is 44.6 Å². The zero-order valence-corrected chi connectivity index (χ0v) is 17.8. The Kier molecular flexibility index (Phi) is 5.27. The fraction of sp³-hybridized carbons (Fsp3) is 0.429. The average Bonchev–Trinajstić information content (AvgIpc) is 3.16. The van der Waals surface area contributed by atoms with Crippen LogP contribution in [0, 0.1) is 6.92 Å². The van der Waals surface area contributed by atoms with Gasteiger partial charge < -0.3 is 10.2 Å². The number of hydrogen-bond donors (Lipinski definition) is 1. The lowest BCUT2D eigenvalue weighted by molar-refractivity contribution is -0.136. The molecule has 4 amide bonds. The third kappa shape index (κ3) is 3.45. The van der Waals surface area contributed by atoms with Crippen molar-refractivity contribution >= 4 is 35.3 Å². The molecule has 1 saturated carbocycles. The molecule has 4 rings (SSSR count). The number of imide groups is 1. The molecular weight excluding hydrogens is 406 g/mol. The Labute approximate surface area is 179 Å². The molecule has 9 heteroatoms. The Morgan fingerprint density at radius 3 is 2.63 bits per heavy atom. The quantitative estimate of drug-likeness (QED) is 0.755. The van der Waals surface area contributed by atoms with E-state index in [9.17, 15) is 14.4 Å². The Balaban J connectivity index is 1.52. The number of carbonyl (C=O) groups excluding carboxylic acids is 3. The number of likely N-dealkylation sites (N-methyl/N-ethyl adjacent to an activating group) is 1. The van der Waals surface area contributed by atoms with E-state index in [0.717, 1.165) is 24.2 Å². The third-order valence-electron chi connectivity index (χ3n) is 5.94. The minimum Gasteiger partial charge on any atom is -0.313 e. The van der Waals surface area contributed by atoms with E-state index in [4.69, 9.17) is 11.6 Å². The van der Waals surface area contributed by atoms with Crippen LogP contribution in [0.15, 0.2) is 30.3 Å². The van der Waals surface area contributed by atoms with Gasteiger partial charge in [-0.1, -0.05) is 36.9 Å². The normalized spacial score (nSPS) is 18.4. The number of aromatic nitrogens is 2. The second kappa shape index (κ2) is 7.75. The molecule has 0 bridgehead atoms. The molecule has 8 nitrogen and oxygen atoms in total. The van der Waals surface area contributed by atoms with E-state index in [-0.39, 0.29) is 12.5 Å². The number of nitrogens with zero attached hydrogens (tertiary/aromatic N) is 4. The van der Waals surface area contributed by atoms with Gasteiger partial charge in [-0.15, -0.1) is 0 Å². The molecule has 30 heavy (non-hydrogen) atoms. The highest BCUT2D eigenvalue weighted by Gasteiger charge is 2.55. The van der Waals surface area contributed by atoms with Crippen LogP contribution in [0.1, 0.15) is 37.8 Å². The summed E-state index contributed by atoms with van der Waals surface area (Å²) in [7, 11) is 1.65. The van der Waals surface area contributed by atoms with Crippen LogP contribution in [0.25, 0.3) is 5.69 Å². The first kappa shape index (κ1) is 20.4. The maximum absolute atomic E-state index is 13.1. The number of benzene rings is 1. The molecule has 2 aromatic rings. The monoisotopic (exact) mass is 429 g/mol. The summed E-state index contributed by atoms with van der Waals surface area (Å²) in [4.78, 5) is 41.1. The van der Waals surface area contributed by atoms with Gasteiger partial charge in [-0.05, 0) is 38.0 Å². The van der Waals surface area contributed by atoms with Crippen LogP contribution in [-0.4, -0.2) is 56.6 Å². The Bertz CT molecular complexity index is 1010. The van der Waals surface area contributed by atoms with Crippen LogP contribution in [-0.2, 0) is 9.59 Å². The number of aryl methyl sites for hydroxylation is 1. The van der Waals surface area contributed by atoms with Gasteiger partial charge in [0.05, 0.1) is 11.4 Å². The van der Waals surface area contributed by atoms with Crippen molar-refractivity contribution in [3.05, 3.63) is 41.0 Å².